The van der Waals surface area contributed by atoms with Gasteiger partial charge in [-0.2, -0.15) is 18.7 Å². The van der Waals surface area contributed by atoms with Crippen LogP contribution in [0.3, 0.4) is 0 Å². The maximum absolute atomic E-state index is 17.4. The fourth-order valence-corrected chi connectivity index (χ4v) is 9.45. The molecule has 17 heteroatoms. The molecule has 2 aromatic carbocycles. The van der Waals surface area contributed by atoms with E-state index in [-0.39, 0.29) is 90.7 Å². The molecule has 4 atom stereocenters. The first kappa shape index (κ1) is 44.1. The first-order valence-electron chi connectivity index (χ1n) is 18.8. The molecule has 0 aliphatic carbocycles. The molecular weight excluding hydrogens is 981 g/mol. The van der Waals surface area contributed by atoms with Crippen molar-refractivity contribution in [1.82, 2.24) is 24.8 Å². The van der Waals surface area contributed by atoms with Gasteiger partial charge in [-0.25, -0.2) is 4.79 Å². The number of hydrogen-bond donors (Lipinski definition) is 0. The number of anilines is 1. The number of pyridine rings is 1. The number of hydrogen-bond acceptors (Lipinski definition) is 11. The van der Waals surface area contributed by atoms with Crippen molar-refractivity contribution in [2.45, 2.75) is 76.1 Å². The van der Waals surface area contributed by atoms with Crippen molar-refractivity contribution in [3.8, 4) is 32.4 Å². The molecule has 0 radical (unpaired) electrons. The van der Waals surface area contributed by atoms with E-state index in [0.29, 0.717) is 74.3 Å². The third-order valence-corrected chi connectivity index (χ3v) is 11.7. The first-order chi connectivity index (χ1) is 26.9. The molecule has 4 unspecified atom stereocenters. The number of carbonyl (C=O) groups is 1. The van der Waals surface area contributed by atoms with E-state index in [1.807, 2.05) is 59.7 Å². The van der Waals surface area contributed by atoms with Crippen LogP contribution in [0.5, 0.6) is 11.8 Å². The normalized spacial score (nSPS) is 21.2. The Morgan fingerprint density at radius 2 is 1.86 bits per heavy atom. The summed E-state index contributed by atoms with van der Waals surface area (Å²) >= 11 is 0.437. The zero-order chi connectivity index (χ0) is 39.4. The Morgan fingerprint density at radius 3 is 2.55 bits per heavy atom. The molecule has 11 nitrogen and oxygen atoms in total. The number of ether oxygens (including phenoxy) is 4. The number of thiol groups is 1. The van der Waals surface area contributed by atoms with E-state index in [4.69, 9.17) is 28.9 Å². The molecule has 4 aromatic rings. The standard InChI is InChI=1S/C41H42F3N6O5.H3P.H2S.Tl/c1-6-24-9-7-10-25-15-29(54-23-52-5)16-30(32(24)25)34-33(42)35-31(18-45-34)37(48-20-27-11-12-28(21-48)50(27)39(51)55-40(2,3)4)47-38(46-35)53-22-41-13-8-14-49(41)19-26(17-41)36(43)44;;;/h7,9-10,15-16,18,27-28H,8,11-14,17,19-23H2,2-5H3;1H3;1H2;/p-1. The summed E-state index contributed by atoms with van der Waals surface area (Å²) in [6.07, 6.45) is 2.88. The summed E-state index contributed by atoms with van der Waals surface area (Å²) in [6, 6.07) is 8.95. The fourth-order valence-electron chi connectivity index (χ4n) is 8.85. The van der Waals surface area contributed by atoms with Crippen molar-refractivity contribution >= 4 is 82.7 Å². The summed E-state index contributed by atoms with van der Waals surface area (Å²) in [5.41, 5.74) is 0.110. The number of methoxy groups -OCH3 is 1. The third kappa shape index (κ3) is 8.46. The van der Waals surface area contributed by atoms with Crippen LogP contribution in [-0.2, 0) is 23.0 Å². The van der Waals surface area contributed by atoms with Gasteiger partial charge in [-0.15, -0.1) is 0 Å². The van der Waals surface area contributed by atoms with Gasteiger partial charge in [0.15, 0.2) is 0 Å². The van der Waals surface area contributed by atoms with Crippen molar-refractivity contribution in [2.75, 3.05) is 51.6 Å². The van der Waals surface area contributed by atoms with Crippen molar-refractivity contribution < 1.29 is 36.9 Å². The Bertz CT molecular complexity index is 2310. The Hall–Kier alpha value is -3.43. The van der Waals surface area contributed by atoms with Gasteiger partial charge >= 0.3 is 212 Å². The van der Waals surface area contributed by atoms with E-state index in [0.717, 1.165) is 35.6 Å². The van der Waals surface area contributed by atoms with Crippen LogP contribution >= 0.6 is 9.90 Å². The van der Waals surface area contributed by atoms with E-state index in [2.05, 4.69) is 14.4 Å². The number of benzene rings is 2. The molecule has 4 saturated heterocycles. The van der Waals surface area contributed by atoms with Gasteiger partial charge in [-0.3, -0.25) is 9.80 Å². The molecule has 0 spiro atoms. The van der Waals surface area contributed by atoms with Gasteiger partial charge in [0.25, 0.3) is 6.08 Å². The summed E-state index contributed by atoms with van der Waals surface area (Å²) in [4.78, 5) is 33.5. The van der Waals surface area contributed by atoms with E-state index < -0.39 is 23.0 Å². The summed E-state index contributed by atoms with van der Waals surface area (Å²) in [6.45, 7) is 7.34. The number of amides is 1. The molecule has 4 fully saturated rings. The van der Waals surface area contributed by atoms with Gasteiger partial charge in [0.2, 0.25) is 0 Å². The predicted molar refractivity (Wildman–Crippen MR) is 225 cm³/mol. The quantitative estimate of drug-likeness (QED) is 0.0478. The minimum absolute atomic E-state index is 0. The molecule has 8 rings (SSSR count). The van der Waals surface area contributed by atoms with Crippen LogP contribution in [0.15, 0.2) is 48.2 Å². The van der Waals surface area contributed by atoms with Gasteiger partial charge in [0.05, 0.1) is 17.6 Å². The second kappa shape index (κ2) is 17.7. The molecule has 4 aliphatic heterocycles. The van der Waals surface area contributed by atoms with Crippen LogP contribution in [0.25, 0.3) is 32.9 Å². The maximum Gasteiger partial charge on any atom is -0.153 e. The van der Waals surface area contributed by atoms with Crippen LogP contribution in [0.2, 0.25) is 0 Å². The molecule has 2 aromatic heterocycles. The van der Waals surface area contributed by atoms with Crippen molar-refractivity contribution in [3.05, 3.63) is 59.6 Å². The first-order valence-corrected chi connectivity index (χ1v) is 21.1. The monoisotopic (exact) mass is 1030 g/mol. The second-order valence-corrected chi connectivity index (χ2v) is 17.1. The zero-order valence-electron chi connectivity index (χ0n) is 33.0. The number of fused-ring (bicyclic) bond motifs is 5. The predicted octanol–water partition coefficient (Wildman–Crippen LogP) is 6.59. The average molecular weight is 1030 g/mol. The molecule has 4 aliphatic rings. The number of nitrogens with zero attached hydrogens (tertiary/aromatic N) is 6. The molecular formula is C41H46F3N6O5PSTl-. The third-order valence-electron chi connectivity index (χ3n) is 11.2. The van der Waals surface area contributed by atoms with E-state index >= 15 is 4.39 Å². The summed E-state index contributed by atoms with van der Waals surface area (Å²) in [5.74, 6) is 3.43. The molecule has 0 N–H and O–H groups in total. The smallest absolute Gasteiger partial charge is 0.153 e. The summed E-state index contributed by atoms with van der Waals surface area (Å²) in [5, 5.41) is 1.90. The summed E-state index contributed by atoms with van der Waals surface area (Å²) < 4.78 is 71.2. The van der Waals surface area contributed by atoms with Gasteiger partial charge < -0.3 is 18.2 Å². The number of aromatic nitrogens is 3. The van der Waals surface area contributed by atoms with E-state index in [1.54, 1.807) is 12.3 Å². The Kier molecular flexibility index (Phi) is 13.4. The molecule has 0 saturated carbocycles. The van der Waals surface area contributed by atoms with Gasteiger partial charge in [0, 0.05) is 12.1 Å². The average Bonchev–Trinajstić information content (AvgIpc) is 3.81. The van der Waals surface area contributed by atoms with Crippen molar-refractivity contribution in [1.29, 1.82) is 0 Å². The molecule has 1 amide bonds. The zero-order valence-corrected chi connectivity index (χ0v) is 39.8. The van der Waals surface area contributed by atoms with Crippen molar-refractivity contribution in [2.24, 2.45) is 0 Å². The Morgan fingerprint density at radius 1 is 1.10 bits per heavy atom. The Balaban J connectivity index is 0.00000283. The van der Waals surface area contributed by atoms with Crippen LogP contribution in [0.1, 0.15) is 58.4 Å². The molecule has 306 valence electrons. The SMILES string of the molecule is COCOc1cc(-c2ncc3c(N4CC5CCC(C4)N5C(=O)OC(C)(C)C)nc(OCC45CCCN4CC(=C(F)F)C5)nc3c2F)c2c(C#[C][Tl])cccc2c1.P.[SH-]. The number of rotatable bonds is 8. The van der Waals surface area contributed by atoms with E-state index in [1.165, 1.54) is 7.11 Å². The van der Waals surface area contributed by atoms with Crippen molar-refractivity contribution in [3.63, 3.8) is 0 Å². The van der Waals surface area contributed by atoms with Gasteiger partial charge in [0.1, 0.15) is 5.60 Å². The summed E-state index contributed by atoms with van der Waals surface area (Å²) in [7, 11) is 1.53. The molecule has 2 bridgehead atoms. The second-order valence-electron chi connectivity index (χ2n) is 16.0. The van der Waals surface area contributed by atoms with Crippen LogP contribution in [0.4, 0.5) is 23.8 Å². The fraction of sp³-hybridized carbons (Fsp3) is 0.463. The number of carbonyl (C=O) groups excluding carboxylic acids is 1. The number of halogens is 3. The minimum Gasteiger partial charge on any atom is -0.813 e. The maximum atomic E-state index is 17.4. The molecule has 6 heterocycles. The van der Waals surface area contributed by atoms with Gasteiger partial charge in [-0.1, -0.05) is 0 Å². The molecule has 58 heavy (non-hydrogen) atoms. The van der Waals surface area contributed by atoms with Gasteiger partial charge in [-0.05, 0) is 59.4 Å². The van der Waals surface area contributed by atoms with E-state index in [9.17, 15) is 13.6 Å². The largest absolute Gasteiger partial charge is 0.813 e. The van der Waals surface area contributed by atoms with Crippen LogP contribution in [-0.4, -0.2) is 127 Å². The minimum atomic E-state index is -1.65. The topological polar surface area (TPSA) is 102 Å². The van der Waals surface area contributed by atoms with Crippen LogP contribution < -0.4 is 14.4 Å². The Labute approximate surface area is 362 Å². The van der Waals surface area contributed by atoms with Crippen LogP contribution in [0, 0.1) is 15.2 Å². The number of piperazine rings is 1.